The summed E-state index contributed by atoms with van der Waals surface area (Å²) in [4.78, 5) is 12.0. The van der Waals surface area contributed by atoms with Crippen LogP contribution in [-0.4, -0.2) is 87.1 Å². The van der Waals surface area contributed by atoms with Crippen LogP contribution >= 0.6 is 24.0 Å². The molecular formula is C21H36IN5. The average Bonchev–Trinajstić information content (AvgIpc) is 3.01. The number of likely N-dealkylation sites (tertiary alicyclic amines) is 1. The summed E-state index contributed by atoms with van der Waals surface area (Å²) in [6.45, 7) is 9.12. The second-order valence-electron chi connectivity index (χ2n) is 7.76. The van der Waals surface area contributed by atoms with Crippen molar-refractivity contribution in [3.05, 3.63) is 35.9 Å². The van der Waals surface area contributed by atoms with Crippen LogP contribution in [0.5, 0.6) is 0 Å². The molecule has 1 atom stereocenters. The van der Waals surface area contributed by atoms with Gasteiger partial charge in [-0.25, -0.2) is 0 Å². The molecule has 2 saturated heterocycles. The van der Waals surface area contributed by atoms with Gasteiger partial charge in [0.15, 0.2) is 5.96 Å². The van der Waals surface area contributed by atoms with E-state index in [2.05, 4.69) is 62.4 Å². The molecule has 1 aromatic carbocycles. The van der Waals surface area contributed by atoms with Gasteiger partial charge in [-0.05, 0) is 50.9 Å². The molecule has 0 radical (unpaired) electrons. The van der Waals surface area contributed by atoms with Gasteiger partial charge < -0.3 is 20.0 Å². The molecule has 0 bridgehead atoms. The Morgan fingerprint density at radius 3 is 2.70 bits per heavy atom. The molecule has 3 rings (SSSR count). The van der Waals surface area contributed by atoms with Crippen LogP contribution < -0.4 is 5.32 Å². The van der Waals surface area contributed by atoms with Crippen LogP contribution in [0.25, 0.3) is 0 Å². The maximum absolute atomic E-state index is 4.53. The molecule has 1 N–H and O–H groups in total. The summed E-state index contributed by atoms with van der Waals surface area (Å²) in [5.41, 5.74) is 1.45. The summed E-state index contributed by atoms with van der Waals surface area (Å²) >= 11 is 0. The van der Waals surface area contributed by atoms with Gasteiger partial charge in [-0.15, -0.1) is 24.0 Å². The van der Waals surface area contributed by atoms with E-state index in [9.17, 15) is 0 Å². The van der Waals surface area contributed by atoms with E-state index in [0.717, 1.165) is 38.1 Å². The van der Waals surface area contributed by atoms with Gasteiger partial charge in [-0.1, -0.05) is 30.3 Å². The predicted molar refractivity (Wildman–Crippen MR) is 125 cm³/mol. The fourth-order valence-electron chi connectivity index (χ4n) is 4.12. The zero-order valence-corrected chi connectivity index (χ0v) is 19.3. The summed E-state index contributed by atoms with van der Waals surface area (Å²) < 4.78 is 0. The van der Waals surface area contributed by atoms with Crippen molar-refractivity contribution in [3.8, 4) is 0 Å². The number of likely N-dealkylation sites (N-methyl/N-ethyl adjacent to an activating group) is 1. The maximum Gasteiger partial charge on any atom is 0.193 e. The normalized spacial score (nSPS) is 22.4. The summed E-state index contributed by atoms with van der Waals surface area (Å²) in [6.07, 6.45) is 3.71. The molecule has 27 heavy (non-hydrogen) atoms. The lowest BCUT2D eigenvalue weighted by atomic mass is 9.99. The monoisotopic (exact) mass is 485 g/mol. The second kappa shape index (κ2) is 11.9. The Hall–Kier alpha value is -0.860. The number of rotatable bonds is 5. The number of hydrogen-bond donors (Lipinski definition) is 1. The quantitative estimate of drug-likeness (QED) is 0.395. The number of hydrogen-bond acceptors (Lipinski definition) is 3. The second-order valence-corrected chi connectivity index (χ2v) is 7.76. The van der Waals surface area contributed by atoms with Crippen LogP contribution in [0.2, 0.25) is 0 Å². The smallest absolute Gasteiger partial charge is 0.193 e. The van der Waals surface area contributed by atoms with Gasteiger partial charge in [0.25, 0.3) is 0 Å². The Balaban J connectivity index is 0.00000261. The molecule has 1 unspecified atom stereocenters. The van der Waals surface area contributed by atoms with Crippen molar-refractivity contribution in [2.45, 2.75) is 19.3 Å². The number of guanidine groups is 1. The van der Waals surface area contributed by atoms with E-state index in [0.29, 0.717) is 0 Å². The van der Waals surface area contributed by atoms with Crippen molar-refractivity contribution < 1.29 is 0 Å². The Morgan fingerprint density at radius 2 is 1.93 bits per heavy atom. The molecule has 2 aliphatic heterocycles. The van der Waals surface area contributed by atoms with Gasteiger partial charge in [0, 0.05) is 46.3 Å². The largest absolute Gasteiger partial charge is 0.355 e. The van der Waals surface area contributed by atoms with E-state index in [-0.39, 0.29) is 24.0 Å². The lowest BCUT2D eigenvalue weighted by Crippen LogP contribution is -2.43. The van der Waals surface area contributed by atoms with Crippen molar-refractivity contribution in [2.75, 3.05) is 66.5 Å². The van der Waals surface area contributed by atoms with Crippen LogP contribution in [-0.2, 0) is 6.42 Å². The van der Waals surface area contributed by atoms with Crippen molar-refractivity contribution in [1.29, 1.82) is 0 Å². The first kappa shape index (κ1) is 22.4. The summed E-state index contributed by atoms with van der Waals surface area (Å²) in [5, 5.41) is 3.60. The van der Waals surface area contributed by atoms with Gasteiger partial charge in [0.05, 0.1) is 0 Å². The Labute approximate surface area is 182 Å². The molecule has 2 aliphatic rings. The van der Waals surface area contributed by atoms with Crippen LogP contribution in [0.3, 0.4) is 0 Å². The molecular weight excluding hydrogens is 449 g/mol. The topological polar surface area (TPSA) is 34.1 Å². The Kier molecular flexibility index (Phi) is 9.86. The van der Waals surface area contributed by atoms with Gasteiger partial charge >= 0.3 is 0 Å². The fourth-order valence-corrected chi connectivity index (χ4v) is 4.12. The Bertz CT molecular complexity index is 565. The van der Waals surface area contributed by atoms with Crippen LogP contribution in [0, 0.1) is 5.92 Å². The minimum absolute atomic E-state index is 0. The lowest BCUT2D eigenvalue weighted by Gasteiger charge is -2.24. The highest BCUT2D eigenvalue weighted by Crippen LogP contribution is 2.20. The zero-order valence-electron chi connectivity index (χ0n) is 16.9. The van der Waals surface area contributed by atoms with E-state index in [1.807, 2.05) is 7.05 Å². The third kappa shape index (κ3) is 7.23. The molecule has 6 heteroatoms. The molecule has 0 aromatic heterocycles. The van der Waals surface area contributed by atoms with E-state index >= 15 is 0 Å². The highest BCUT2D eigenvalue weighted by molar-refractivity contribution is 14.0. The molecule has 2 heterocycles. The first-order valence-electron chi connectivity index (χ1n) is 10.1. The Morgan fingerprint density at radius 1 is 1.11 bits per heavy atom. The first-order chi connectivity index (χ1) is 12.7. The number of halogens is 1. The molecule has 152 valence electrons. The van der Waals surface area contributed by atoms with Crippen LogP contribution in [0.4, 0.5) is 0 Å². The van der Waals surface area contributed by atoms with E-state index in [1.165, 1.54) is 51.0 Å². The predicted octanol–water partition coefficient (Wildman–Crippen LogP) is 2.38. The van der Waals surface area contributed by atoms with Gasteiger partial charge in [-0.3, -0.25) is 4.99 Å². The first-order valence-corrected chi connectivity index (χ1v) is 10.1. The average molecular weight is 485 g/mol. The number of nitrogens with one attached hydrogen (secondary N) is 1. The molecule has 0 saturated carbocycles. The standard InChI is InChI=1S/C21H35N5.HI/c1-22-21(23-10-14-25-12-6-11-24(2)15-16-25)26-13-9-20(18-26)17-19-7-4-3-5-8-19;/h3-5,7-8,20H,6,9-18H2,1-2H3,(H,22,23);1H. The number of aliphatic imine (C=N–C) groups is 1. The number of benzene rings is 1. The van der Waals surface area contributed by atoms with Crippen molar-refractivity contribution in [3.63, 3.8) is 0 Å². The van der Waals surface area contributed by atoms with E-state index < -0.39 is 0 Å². The highest BCUT2D eigenvalue weighted by atomic mass is 127. The van der Waals surface area contributed by atoms with Crippen LogP contribution in [0.1, 0.15) is 18.4 Å². The van der Waals surface area contributed by atoms with Crippen molar-refractivity contribution >= 4 is 29.9 Å². The third-order valence-corrected chi connectivity index (χ3v) is 5.69. The summed E-state index contributed by atoms with van der Waals surface area (Å²) in [5.74, 6) is 1.81. The van der Waals surface area contributed by atoms with Crippen molar-refractivity contribution in [1.82, 2.24) is 20.0 Å². The molecule has 0 spiro atoms. The maximum atomic E-state index is 4.53. The molecule has 1 aromatic rings. The lowest BCUT2D eigenvalue weighted by molar-refractivity contribution is 0.279. The molecule has 0 aliphatic carbocycles. The third-order valence-electron chi connectivity index (χ3n) is 5.69. The zero-order chi connectivity index (χ0) is 18.2. The summed E-state index contributed by atoms with van der Waals surface area (Å²) in [7, 11) is 4.14. The fraction of sp³-hybridized carbons (Fsp3) is 0.667. The molecule has 2 fully saturated rings. The highest BCUT2D eigenvalue weighted by Gasteiger charge is 2.25. The van der Waals surface area contributed by atoms with Crippen LogP contribution in [0.15, 0.2) is 35.3 Å². The molecule has 0 amide bonds. The van der Waals surface area contributed by atoms with E-state index in [1.54, 1.807) is 0 Å². The van der Waals surface area contributed by atoms with Gasteiger partial charge in [-0.2, -0.15) is 0 Å². The van der Waals surface area contributed by atoms with E-state index in [4.69, 9.17) is 0 Å². The SMILES string of the molecule is CN=C(NCCN1CCCN(C)CC1)N1CCC(Cc2ccccc2)C1.I. The minimum atomic E-state index is 0. The minimum Gasteiger partial charge on any atom is -0.355 e. The number of nitrogens with zero attached hydrogens (tertiary/aromatic N) is 4. The molecule has 5 nitrogen and oxygen atoms in total. The van der Waals surface area contributed by atoms with Gasteiger partial charge in [0.1, 0.15) is 0 Å². The summed E-state index contributed by atoms with van der Waals surface area (Å²) in [6, 6.07) is 10.9. The van der Waals surface area contributed by atoms with Gasteiger partial charge in [0.2, 0.25) is 0 Å². The van der Waals surface area contributed by atoms with Crippen molar-refractivity contribution in [2.24, 2.45) is 10.9 Å².